The highest BCUT2D eigenvalue weighted by Crippen LogP contribution is 2.34. The summed E-state index contributed by atoms with van der Waals surface area (Å²) in [4.78, 5) is 13.1. The van der Waals surface area contributed by atoms with Gasteiger partial charge in [-0.3, -0.25) is 4.79 Å². The van der Waals surface area contributed by atoms with E-state index in [1.165, 1.54) is 11.1 Å². The minimum atomic E-state index is -0.241. The van der Waals surface area contributed by atoms with E-state index in [0.717, 1.165) is 29.3 Å². The molecule has 33 heavy (non-hydrogen) atoms. The number of aromatic nitrogens is 1. The molecule has 0 atom stereocenters. The lowest BCUT2D eigenvalue weighted by molar-refractivity contribution is 0.306. The first-order valence-corrected chi connectivity index (χ1v) is 11.2. The van der Waals surface area contributed by atoms with Crippen LogP contribution in [0.4, 0.5) is 0 Å². The van der Waals surface area contributed by atoms with Gasteiger partial charge < -0.3 is 18.8 Å². The van der Waals surface area contributed by atoms with Gasteiger partial charge in [0.25, 0.3) is 5.56 Å². The molecule has 0 bridgehead atoms. The third-order valence-corrected chi connectivity index (χ3v) is 5.48. The van der Waals surface area contributed by atoms with Crippen molar-refractivity contribution in [3.8, 4) is 17.2 Å². The summed E-state index contributed by atoms with van der Waals surface area (Å²) >= 11 is 0. The van der Waals surface area contributed by atoms with Crippen molar-refractivity contribution in [2.24, 2.45) is 7.05 Å². The number of pyridine rings is 1. The second-order valence-electron chi connectivity index (χ2n) is 8.36. The first-order chi connectivity index (χ1) is 15.9. The number of benzene rings is 2. The molecular formula is C28H33NO4. The molecule has 0 N–H and O–H groups in total. The fraction of sp³-hybridized carbons (Fsp3) is 0.321. The predicted octanol–water partition coefficient (Wildman–Crippen LogP) is 6.20. The molecule has 3 aromatic rings. The topological polar surface area (TPSA) is 49.7 Å². The Balaban J connectivity index is 1.81. The quantitative estimate of drug-likeness (QED) is 0.347. The largest absolute Gasteiger partial charge is 0.492 e. The molecule has 1 heterocycles. The molecule has 174 valence electrons. The van der Waals surface area contributed by atoms with Gasteiger partial charge >= 0.3 is 0 Å². The second kappa shape index (κ2) is 11.4. The van der Waals surface area contributed by atoms with Crippen molar-refractivity contribution in [1.29, 1.82) is 0 Å². The number of aryl methyl sites for hydroxylation is 1. The molecule has 0 aliphatic rings. The van der Waals surface area contributed by atoms with E-state index in [-0.39, 0.29) is 11.3 Å². The van der Waals surface area contributed by atoms with E-state index in [0.29, 0.717) is 24.7 Å². The molecule has 0 unspecified atom stereocenters. The van der Waals surface area contributed by atoms with Crippen molar-refractivity contribution in [1.82, 2.24) is 4.57 Å². The van der Waals surface area contributed by atoms with Gasteiger partial charge in [0.1, 0.15) is 19.0 Å². The third-order valence-electron chi connectivity index (χ3n) is 5.48. The smallest absolute Gasteiger partial charge is 0.297 e. The van der Waals surface area contributed by atoms with E-state index in [9.17, 15) is 4.79 Å². The van der Waals surface area contributed by atoms with E-state index < -0.39 is 0 Å². The maximum atomic E-state index is 13.1. The van der Waals surface area contributed by atoms with Crippen LogP contribution in [0.2, 0.25) is 0 Å². The van der Waals surface area contributed by atoms with E-state index in [1.54, 1.807) is 18.7 Å². The lowest BCUT2D eigenvalue weighted by Gasteiger charge is -2.16. The molecule has 1 aromatic heterocycles. The van der Waals surface area contributed by atoms with Gasteiger partial charge in [-0.1, -0.05) is 47.6 Å². The van der Waals surface area contributed by atoms with Crippen LogP contribution in [0.25, 0.3) is 10.9 Å². The normalized spacial score (nSPS) is 11.4. The van der Waals surface area contributed by atoms with Crippen molar-refractivity contribution in [3.63, 3.8) is 0 Å². The summed E-state index contributed by atoms with van der Waals surface area (Å²) in [6, 6.07) is 15.6. The number of allylic oxidation sites excluding steroid dienone is 3. The number of hydrogen-bond donors (Lipinski definition) is 0. The molecule has 0 saturated carbocycles. The Kier molecular flexibility index (Phi) is 8.36. The standard InChI is InChI=1S/C28H33NO4/c1-20(2)10-9-11-21(3)16-17-32-27-26(31-5)24-15-14-23(18-25(24)29(4)28(27)30)33-19-22-12-7-6-8-13-22/h6-8,10,12-16,18H,9,11,17,19H2,1-5H3/b21-16+. The Morgan fingerprint density at radius 1 is 0.970 bits per heavy atom. The van der Waals surface area contributed by atoms with Gasteiger partial charge in [-0.15, -0.1) is 0 Å². The summed E-state index contributed by atoms with van der Waals surface area (Å²) in [6.07, 6.45) is 6.20. The summed E-state index contributed by atoms with van der Waals surface area (Å²) in [6.45, 7) is 7.05. The highest BCUT2D eigenvalue weighted by Gasteiger charge is 2.18. The third kappa shape index (κ3) is 6.28. The molecule has 0 aliphatic heterocycles. The van der Waals surface area contributed by atoms with Gasteiger partial charge in [-0.25, -0.2) is 0 Å². The zero-order valence-electron chi connectivity index (χ0n) is 20.2. The van der Waals surface area contributed by atoms with Crippen molar-refractivity contribution in [2.75, 3.05) is 13.7 Å². The van der Waals surface area contributed by atoms with Gasteiger partial charge in [-0.2, -0.15) is 0 Å². The fourth-order valence-electron chi connectivity index (χ4n) is 3.58. The van der Waals surface area contributed by atoms with Crippen LogP contribution in [0.15, 0.2) is 76.6 Å². The zero-order chi connectivity index (χ0) is 23.8. The monoisotopic (exact) mass is 447 g/mol. The van der Waals surface area contributed by atoms with Gasteiger partial charge in [0, 0.05) is 18.5 Å². The molecule has 0 fully saturated rings. The predicted molar refractivity (Wildman–Crippen MR) is 134 cm³/mol. The highest BCUT2D eigenvalue weighted by molar-refractivity contribution is 5.89. The van der Waals surface area contributed by atoms with Crippen molar-refractivity contribution < 1.29 is 14.2 Å². The van der Waals surface area contributed by atoms with Gasteiger partial charge in [0.05, 0.1) is 12.6 Å². The Morgan fingerprint density at radius 3 is 2.42 bits per heavy atom. The van der Waals surface area contributed by atoms with Crippen LogP contribution < -0.4 is 19.8 Å². The first-order valence-electron chi connectivity index (χ1n) is 11.2. The molecule has 0 spiro atoms. The maximum Gasteiger partial charge on any atom is 0.297 e. The van der Waals surface area contributed by atoms with Crippen LogP contribution >= 0.6 is 0 Å². The van der Waals surface area contributed by atoms with Crippen LogP contribution in [0.5, 0.6) is 17.2 Å². The van der Waals surface area contributed by atoms with Crippen molar-refractivity contribution in [3.05, 3.63) is 87.7 Å². The summed E-state index contributed by atoms with van der Waals surface area (Å²) in [5.41, 5.74) is 4.11. The Bertz CT molecular complexity index is 1200. The molecule has 5 heteroatoms. The van der Waals surface area contributed by atoms with E-state index in [2.05, 4.69) is 26.8 Å². The number of hydrogen-bond acceptors (Lipinski definition) is 4. The average molecular weight is 448 g/mol. The van der Waals surface area contributed by atoms with Crippen LogP contribution in [-0.2, 0) is 13.7 Å². The molecular weight excluding hydrogens is 414 g/mol. The van der Waals surface area contributed by atoms with E-state index in [1.807, 2.05) is 54.6 Å². The Hall–Kier alpha value is -3.47. The number of methoxy groups -OCH3 is 1. The minimum absolute atomic E-state index is 0.221. The van der Waals surface area contributed by atoms with E-state index in [4.69, 9.17) is 14.2 Å². The number of nitrogens with zero attached hydrogens (tertiary/aromatic N) is 1. The summed E-state index contributed by atoms with van der Waals surface area (Å²) < 4.78 is 19.0. The summed E-state index contributed by atoms with van der Waals surface area (Å²) in [5, 5.41) is 0.797. The average Bonchev–Trinajstić information content (AvgIpc) is 2.81. The lowest BCUT2D eigenvalue weighted by atomic mass is 10.1. The molecule has 0 aliphatic carbocycles. The first kappa shape index (κ1) is 24.2. The number of fused-ring (bicyclic) bond motifs is 1. The minimum Gasteiger partial charge on any atom is -0.492 e. The summed E-state index contributed by atoms with van der Waals surface area (Å²) in [5.74, 6) is 1.35. The summed E-state index contributed by atoms with van der Waals surface area (Å²) in [7, 11) is 3.29. The van der Waals surface area contributed by atoms with Crippen LogP contribution in [0.1, 0.15) is 39.2 Å². The molecule has 0 amide bonds. The maximum absolute atomic E-state index is 13.1. The van der Waals surface area contributed by atoms with Crippen LogP contribution in [0.3, 0.4) is 0 Å². The number of ether oxygens (including phenoxy) is 3. The van der Waals surface area contributed by atoms with E-state index >= 15 is 0 Å². The second-order valence-corrected chi connectivity index (χ2v) is 8.36. The lowest BCUT2D eigenvalue weighted by Crippen LogP contribution is -2.21. The highest BCUT2D eigenvalue weighted by atomic mass is 16.5. The van der Waals surface area contributed by atoms with Crippen LogP contribution in [0, 0.1) is 0 Å². The van der Waals surface area contributed by atoms with Gasteiger partial charge in [0.2, 0.25) is 5.75 Å². The molecule has 5 nitrogen and oxygen atoms in total. The Morgan fingerprint density at radius 2 is 1.73 bits per heavy atom. The molecule has 0 radical (unpaired) electrons. The van der Waals surface area contributed by atoms with Crippen LogP contribution in [-0.4, -0.2) is 18.3 Å². The van der Waals surface area contributed by atoms with Crippen molar-refractivity contribution >= 4 is 10.9 Å². The van der Waals surface area contributed by atoms with Gasteiger partial charge in [-0.05, 0) is 57.4 Å². The molecule has 0 saturated heterocycles. The molecule has 2 aromatic carbocycles. The SMILES string of the molecule is COc1c(OC/C=C(\C)CCC=C(C)C)c(=O)n(C)c2cc(OCc3ccccc3)ccc12. The Labute approximate surface area is 195 Å². The fourth-order valence-corrected chi connectivity index (χ4v) is 3.58. The zero-order valence-corrected chi connectivity index (χ0v) is 20.2. The van der Waals surface area contributed by atoms with Crippen molar-refractivity contribution in [2.45, 2.75) is 40.2 Å². The van der Waals surface area contributed by atoms with Gasteiger partial charge in [0.15, 0.2) is 5.75 Å². The number of rotatable bonds is 10. The molecule has 3 rings (SSSR count).